The highest BCUT2D eigenvalue weighted by Crippen LogP contribution is 2.14. The first kappa shape index (κ1) is 57.4. The minimum Gasteiger partial charge on any atom is -0.462 e. The largest absolute Gasteiger partial charge is 0.462 e. The Balaban J connectivity index is 4.42. The highest BCUT2D eigenvalue weighted by Gasteiger charge is 2.19. The smallest absolute Gasteiger partial charge is 0.306 e. The van der Waals surface area contributed by atoms with Crippen molar-refractivity contribution in [3.05, 3.63) is 48.6 Å². The molecule has 6 nitrogen and oxygen atoms in total. The summed E-state index contributed by atoms with van der Waals surface area (Å²) in [5.74, 6) is -0.910. The second-order valence-electron chi connectivity index (χ2n) is 17.1. The van der Waals surface area contributed by atoms with Gasteiger partial charge in [-0.15, -0.1) is 0 Å². The molecule has 348 valence electrons. The Kier molecular flexibility index (Phi) is 46.9. The first-order chi connectivity index (χ1) is 29.5. The van der Waals surface area contributed by atoms with Gasteiger partial charge in [-0.3, -0.25) is 14.4 Å². The average Bonchev–Trinajstić information content (AvgIpc) is 3.24. The highest BCUT2D eigenvalue weighted by atomic mass is 16.6. The third-order valence-corrected chi connectivity index (χ3v) is 11.0. The van der Waals surface area contributed by atoms with Crippen LogP contribution in [0.3, 0.4) is 0 Å². The topological polar surface area (TPSA) is 78.9 Å². The van der Waals surface area contributed by atoms with Crippen LogP contribution in [0.4, 0.5) is 0 Å². The Morgan fingerprint density at radius 3 is 0.983 bits per heavy atom. The molecule has 0 spiro atoms. The summed E-state index contributed by atoms with van der Waals surface area (Å²) in [6, 6.07) is 0. The van der Waals surface area contributed by atoms with E-state index in [9.17, 15) is 14.4 Å². The van der Waals surface area contributed by atoms with E-state index in [4.69, 9.17) is 14.2 Å². The maximum absolute atomic E-state index is 12.8. The van der Waals surface area contributed by atoms with E-state index < -0.39 is 6.10 Å². The standard InChI is InChI=1S/C54H96O6/c1-4-7-10-13-16-19-22-25-27-30-32-35-38-41-44-47-53(56)59-50-51(49-58-52(55)46-43-40-37-34-31-28-24-21-18-15-12-9-6-3)60-54(57)48-45-42-39-36-33-29-26-23-20-17-14-11-8-5-2/h16,19,21,23-27,51H,4-15,17-18,20,22,28-50H2,1-3H3/b19-16-,24-21-,26-23-,27-25-. The van der Waals surface area contributed by atoms with Crippen molar-refractivity contribution in [3.8, 4) is 0 Å². The lowest BCUT2D eigenvalue weighted by atomic mass is 10.1. The minimum atomic E-state index is -0.784. The molecule has 0 heterocycles. The van der Waals surface area contributed by atoms with Gasteiger partial charge in [-0.25, -0.2) is 0 Å². The van der Waals surface area contributed by atoms with Crippen LogP contribution in [-0.2, 0) is 28.6 Å². The van der Waals surface area contributed by atoms with E-state index in [2.05, 4.69) is 69.4 Å². The molecule has 0 saturated carbocycles. The van der Waals surface area contributed by atoms with Gasteiger partial charge in [0.25, 0.3) is 0 Å². The molecule has 0 aliphatic heterocycles. The van der Waals surface area contributed by atoms with Crippen molar-refractivity contribution in [2.24, 2.45) is 0 Å². The maximum Gasteiger partial charge on any atom is 0.306 e. The Morgan fingerprint density at radius 1 is 0.333 bits per heavy atom. The molecule has 0 amide bonds. The summed E-state index contributed by atoms with van der Waals surface area (Å²) in [7, 11) is 0. The van der Waals surface area contributed by atoms with E-state index in [0.29, 0.717) is 19.3 Å². The molecular weight excluding hydrogens is 745 g/mol. The molecule has 0 fully saturated rings. The van der Waals surface area contributed by atoms with Gasteiger partial charge < -0.3 is 14.2 Å². The Bertz CT molecular complexity index is 1060. The number of hydrogen-bond acceptors (Lipinski definition) is 6. The quantitative estimate of drug-likeness (QED) is 0.0263. The number of rotatable bonds is 46. The summed E-state index contributed by atoms with van der Waals surface area (Å²) in [5.41, 5.74) is 0. The van der Waals surface area contributed by atoms with Gasteiger partial charge in [-0.1, -0.05) is 185 Å². The van der Waals surface area contributed by atoms with Crippen LogP contribution >= 0.6 is 0 Å². The minimum absolute atomic E-state index is 0.0847. The lowest BCUT2D eigenvalue weighted by Crippen LogP contribution is -2.30. The molecule has 0 saturated heterocycles. The van der Waals surface area contributed by atoms with Crippen molar-refractivity contribution in [2.45, 2.75) is 264 Å². The van der Waals surface area contributed by atoms with E-state index >= 15 is 0 Å². The third-order valence-electron chi connectivity index (χ3n) is 11.0. The van der Waals surface area contributed by atoms with E-state index in [1.54, 1.807) is 0 Å². The Morgan fingerprint density at radius 2 is 0.600 bits per heavy atom. The van der Waals surface area contributed by atoms with Crippen LogP contribution in [0.2, 0.25) is 0 Å². The van der Waals surface area contributed by atoms with Crippen molar-refractivity contribution >= 4 is 17.9 Å². The van der Waals surface area contributed by atoms with Crippen LogP contribution in [0.15, 0.2) is 48.6 Å². The second-order valence-corrected chi connectivity index (χ2v) is 17.1. The maximum atomic E-state index is 12.8. The molecule has 0 aromatic rings. The van der Waals surface area contributed by atoms with Crippen LogP contribution in [0.1, 0.15) is 258 Å². The van der Waals surface area contributed by atoms with Gasteiger partial charge in [0, 0.05) is 19.3 Å². The molecule has 0 aliphatic rings. The molecule has 0 rings (SSSR count). The van der Waals surface area contributed by atoms with Crippen molar-refractivity contribution in [1.29, 1.82) is 0 Å². The van der Waals surface area contributed by atoms with Gasteiger partial charge in [0.1, 0.15) is 13.2 Å². The Labute approximate surface area is 371 Å². The summed E-state index contributed by atoms with van der Waals surface area (Å²) in [6.45, 7) is 6.57. The first-order valence-electron chi connectivity index (χ1n) is 25.6. The lowest BCUT2D eigenvalue weighted by Gasteiger charge is -2.18. The fourth-order valence-corrected chi connectivity index (χ4v) is 7.11. The number of carbonyl (C=O) groups excluding carboxylic acids is 3. The predicted molar refractivity (Wildman–Crippen MR) is 256 cm³/mol. The molecule has 60 heavy (non-hydrogen) atoms. The van der Waals surface area contributed by atoms with Crippen LogP contribution < -0.4 is 0 Å². The third kappa shape index (κ3) is 46.4. The number of unbranched alkanes of at least 4 members (excludes halogenated alkanes) is 27. The molecule has 0 aromatic heterocycles. The van der Waals surface area contributed by atoms with Gasteiger partial charge in [-0.05, 0) is 103 Å². The fraction of sp³-hybridized carbons (Fsp3) is 0.796. The number of ether oxygens (including phenoxy) is 3. The highest BCUT2D eigenvalue weighted by molar-refractivity contribution is 5.71. The molecule has 1 atom stereocenters. The SMILES string of the molecule is CCCCC/C=C\C/C=C\CCCCCCCC(=O)OCC(COC(=O)CCCCCCC/C=C\CCCCCC)OC(=O)CCCCCCC/C=C\CCCCCCC. The van der Waals surface area contributed by atoms with Crippen molar-refractivity contribution in [1.82, 2.24) is 0 Å². The number of hydrogen-bond donors (Lipinski definition) is 0. The normalized spacial score (nSPS) is 12.4. The summed E-state index contributed by atoms with van der Waals surface area (Å²) < 4.78 is 16.8. The van der Waals surface area contributed by atoms with Crippen LogP contribution in [0, 0.1) is 0 Å². The number of esters is 3. The lowest BCUT2D eigenvalue weighted by molar-refractivity contribution is -0.167. The fourth-order valence-electron chi connectivity index (χ4n) is 7.11. The molecule has 0 N–H and O–H groups in total. The van der Waals surface area contributed by atoms with Crippen molar-refractivity contribution in [3.63, 3.8) is 0 Å². The van der Waals surface area contributed by atoms with Gasteiger partial charge in [0.15, 0.2) is 6.10 Å². The zero-order valence-corrected chi connectivity index (χ0v) is 39.7. The first-order valence-corrected chi connectivity index (χ1v) is 25.6. The predicted octanol–water partition coefficient (Wildman–Crippen LogP) is 16.7. The van der Waals surface area contributed by atoms with E-state index in [0.717, 1.165) is 96.3 Å². The summed E-state index contributed by atoms with van der Waals surface area (Å²) >= 11 is 0. The molecule has 6 heteroatoms. The van der Waals surface area contributed by atoms with E-state index in [-0.39, 0.29) is 31.1 Å². The summed E-state index contributed by atoms with van der Waals surface area (Å²) in [6.07, 6.45) is 58.0. The molecule has 0 radical (unpaired) electrons. The molecule has 0 bridgehead atoms. The Hall–Kier alpha value is -2.63. The van der Waals surface area contributed by atoms with Crippen molar-refractivity contribution in [2.75, 3.05) is 13.2 Å². The summed E-state index contributed by atoms with van der Waals surface area (Å²) in [5, 5.41) is 0. The molecule has 0 aliphatic carbocycles. The van der Waals surface area contributed by atoms with Crippen LogP contribution in [0.5, 0.6) is 0 Å². The van der Waals surface area contributed by atoms with Crippen LogP contribution in [0.25, 0.3) is 0 Å². The van der Waals surface area contributed by atoms with E-state index in [1.165, 1.54) is 122 Å². The molecule has 1 unspecified atom stereocenters. The second kappa shape index (κ2) is 49.0. The molecule has 0 aromatic carbocycles. The van der Waals surface area contributed by atoms with Gasteiger partial charge in [-0.2, -0.15) is 0 Å². The average molecular weight is 841 g/mol. The van der Waals surface area contributed by atoms with Gasteiger partial charge in [0.05, 0.1) is 0 Å². The zero-order valence-electron chi connectivity index (χ0n) is 39.7. The monoisotopic (exact) mass is 841 g/mol. The van der Waals surface area contributed by atoms with Gasteiger partial charge >= 0.3 is 17.9 Å². The van der Waals surface area contributed by atoms with E-state index in [1.807, 2.05) is 0 Å². The number of allylic oxidation sites excluding steroid dienone is 8. The summed E-state index contributed by atoms with van der Waals surface area (Å²) in [4.78, 5) is 37.9. The zero-order chi connectivity index (χ0) is 43.7. The molecular formula is C54H96O6. The number of carbonyl (C=O) groups is 3. The van der Waals surface area contributed by atoms with Gasteiger partial charge in [0.2, 0.25) is 0 Å². The van der Waals surface area contributed by atoms with Crippen molar-refractivity contribution < 1.29 is 28.6 Å². The van der Waals surface area contributed by atoms with Crippen LogP contribution in [-0.4, -0.2) is 37.2 Å².